The maximum atomic E-state index is 12.8. The molecule has 2 N–H and O–H groups in total. The van der Waals surface area contributed by atoms with Gasteiger partial charge in [0.25, 0.3) is 5.91 Å². The number of carbonyl (C=O) groups excluding carboxylic acids is 1. The molecule has 0 bridgehead atoms. The molecule has 0 saturated heterocycles. The van der Waals surface area contributed by atoms with Gasteiger partial charge in [0.15, 0.2) is 6.61 Å². The Kier molecular flexibility index (Phi) is 7.32. The zero-order valence-corrected chi connectivity index (χ0v) is 16.1. The number of hydrogen-bond acceptors (Lipinski definition) is 4. The number of halogens is 1. The first-order valence-electron chi connectivity index (χ1n) is 8.47. The van der Waals surface area contributed by atoms with E-state index in [0.717, 1.165) is 0 Å². The van der Waals surface area contributed by atoms with Crippen LogP contribution >= 0.6 is 0 Å². The van der Waals surface area contributed by atoms with Gasteiger partial charge < -0.3 is 10.1 Å². The molecule has 0 radical (unpaired) electrons. The molecule has 8 heteroatoms. The van der Waals surface area contributed by atoms with Gasteiger partial charge in [-0.15, -0.1) is 0 Å². The van der Waals surface area contributed by atoms with Crippen LogP contribution in [0.1, 0.15) is 25.0 Å². The molecule has 0 aliphatic heterocycles. The van der Waals surface area contributed by atoms with E-state index in [9.17, 15) is 17.6 Å². The van der Waals surface area contributed by atoms with Crippen molar-refractivity contribution in [1.29, 1.82) is 0 Å². The molecule has 0 aromatic heterocycles. The summed E-state index contributed by atoms with van der Waals surface area (Å²) in [5.74, 6) is -0.524. The Morgan fingerprint density at radius 3 is 2.33 bits per heavy atom. The third-order valence-electron chi connectivity index (χ3n) is 3.54. The first kappa shape index (κ1) is 20.9. The standard InChI is InChI=1S/C19H23FN2O4S/c1-14(2)22-27(24,25)13-16-6-4-3-5-15(16)11-21-19(23)12-26-18-9-7-17(20)8-10-18/h3-10,14,22H,11-13H2,1-2H3,(H,21,23). The van der Waals surface area contributed by atoms with E-state index in [2.05, 4.69) is 10.0 Å². The summed E-state index contributed by atoms with van der Waals surface area (Å²) in [6.07, 6.45) is 0. The molecule has 0 aliphatic carbocycles. The van der Waals surface area contributed by atoms with E-state index in [-0.39, 0.29) is 36.7 Å². The van der Waals surface area contributed by atoms with Crippen molar-refractivity contribution in [3.05, 3.63) is 65.5 Å². The smallest absolute Gasteiger partial charge is 0.258 e. The highest BCUT2D eigenvalue weighted by Gasteiger charge is 2.15. The lowest BCUT2D eigenvalue weighted by Gasteiger charge is -2.13. The van der Waals surface area contributed by atoms with Crippen molar-refractivity contribution >= 4 is 15.9 Å². The molecule has 0 fully saturated rings. The number of nitrogens with one attached hydrogen (secondary N) is 2. The molecule has 0 aliphatic rings. The van der Waals surface area contributed by atoms with E-state index in [4.69, 9.17) is 4.74 Å². The molecule has 0 saturated carbocycles. The predicted octanol–water partition coefficient (Wildman–Crippen LogP) is 2.35. The SMILES string of the molecule is CC(C)NS(=O)(=O)Cc1ccccc1CNC(=O)COc1ccc(F)cc1. The Labute approximate surface area is 158 Å². The van der Waals surface area contributed by atoms with Crippen molar-refractivity contribution in [1.82, 2.24) is 10.0 Å². The van der Waals surface area contributed by atoms with Crippen LogP contribution in [0, 0.1) is 5.82 Å². The summed E-state index contributed by atoms with van der Waals surface area (Å²) < 4.78 is 44.9. The Morgan fingerprint density at radius 2 is 1.70 bits per heavy atom. The Morgan fingerprint density at radius 1 is 1.07 bits per heavy atom. The Balaban J connectivity index is 1.91. The second-order valence-corrected chi connectivity index (χ2v) is 8.07. The predicted molar refractivity (Wildman–Crippen MR) is 101 cm³/mol. The number of benzene rings is 2. The van der Waals surface area contributed by atoms with Crippen LogP contribution in [0.15, 0.2) is 48.5 Å². The number of ether oxygens (including phenoxy) is 1. The lowest BCUT2D eigenvalue weighted by atomic mass is 10.1. The lowest BCUT2D eigenvalue weighted by Crippen LogP contribution is -2.32. The van der Waals surface area contributed by atoms with E-state index in [1.807, 2.05) is 0 Å². The van der Waals surface area contributed by atoms with Gasteiger partial charge in [-0.25, -0.2) is 17.5 Å². The van der Waals surface area contributed by atoms with Crippen LogP contribution in [-0.2, 0) is 27.1 Å². The largest absolute Gasteiger partial charge is 0.484 e. The van der Waals surface area contributed by atoms with Crippen molar-refractivity contribution in [2.24, 2.45) is 0 Å². The van der Waals surface area contributed by atoms with Gasteiger partial charge in [-0.2, -0.15) is 0 Å². The van der Waals surface area contributed by atoms with Gasteiger partial charge in [0, 0.05) is 12.6 Å². The Hall–Kier alpha value is -2.45. The summed E-state index contributed by atoms with van der Waals surface area (Å²) in [5.41, 5.74) is 1.33. The van der Waals surface area contributed by atoms with E-state index < -0.39 is 10.0 Å². The first-order valence-corrected chi connectivity index (χ1v) is 10.1. The van der Waals surface area contributed by atoms with Gasteiger partial charge in [0.1, 0.15) is 11.6 Å². The number of rotatable bonds is 9. The van der Waals surface area contributed by atoms with Crippen molar-refractivity contribution in [2.75, 3.05) is 6.61 Å². The Bertz CT molecular complexity index is 868. The average Bonchev–Trinajstić information content (AvgIpc) is 2.59. The highest BCUT2D eigenvalue weighted by atomic mass is 32.2. The topological polar surface area (TPSA) is 84.5 Å². The molecule has 0 unspecified atom stereocenters. The maximum absolute atomic E-state index is 12.8. The molecule has 27 heavy (non-hydrogen) atoms. The molecular weight excluding hydrogens is 371 g/mol. The fourth-order valence-electron chi connectivity index (χ4n) is 2.40. The van der Waals surface area contributed by atoms with Gasteiger partial charge in [0.05, 0.1) is 5.75 Å². The minimum Gasteiger partial charge on any atom is -0.484 e. The van der Waals surface area contributed by atoms with E-state index in [0.29, 0.717) is 16.9 Å². The molecule has 2 rings (SSSR count). The normalized spacial score (nSPS) is 11.4. The molecule has 2 aromatic rings. The fraction of sp³-hybridized carbons (Fsp3) is 0.316. The van der Waals surface area contributed by atoms with Crippen LogP contribution in [0.2, 0.25) is 0 Å². The van der Waals surface area contributed by atoms with Gasteiger partial charge in [-0.1, -0.05) is 24.3 Å². The lowest BCUT2D eigenvalue weighted by molar-refractivity contribution is -0.123. The fourth-order valence-corrected chi connectivity index (χ4v) is 3.89. The van der Waals surface area contributed by atoms with Gasteiger partial charge in [0.2, 0.25) is 10.0 Å². The number of amides is 1. The van der Waals surface area contributed by atoms with E-state index in [1.165, 1.54) is 24.3 Å². The van der Waals surface area contributed by atoms with Crippen LogP contribution in [-0.4, -0.2) is 27.0 Å². The van der Waals surface area contributed by atoms with Crippen LogP contribution in [0.4, 0.5) is 4.39 Å². The molecule has 6 nitrogen and oxygen atoms in total. The van der Waals surface area contributed by atoms with Crippen LogP contribution in [0.3, 0.4) is 0 Å². The second kappa shape index (κ2) is 9.48. The van der Waals surface area contributed by atoms with Crippen molar-refractivity contribution in [2.45, 2.75) is 32.2 Å². The summed E-state index contributed by atoms with van der Waals surface area (Å²) in [4.78, 5) is 12.0. The molecule has 2 aromatic carbocycles. The van der Waals surface area contributed by atoms with Crippen LogP contribution in [0.25, 0.3) is 0 Å². The summed E-state index contributed by atoms with van der Waals surface area (Å²) >= 11 is 0. The quantitative estimate of drug-likeness (QED) is 0.684. The van der Waals surface area contributed by atoms with E-state index >= 15 is 0 Å². The third-order valence-corrected chi connectivity index (χ3v) is 5.06. The van der Waals surface area contributed by atoms with Crippen LogP contribution < -0.4 is 14.8 Å². The summed E-state index contributed by atoms with van der Waals surface area (Å²) in [7, 11) is -3.46. The van der Waals surface area contributed by atoms with Crippen LogP contribution in [0.5, 0.6) is 5.75 Å². The molecule has 0 spiro atoms. The zero-order chi connectivity index (χ0) is 19.9. The molecule has 146 valence electrons. The van der Waals surface area contributed by atoms with Crippen molar-refractivity contribution in [3.63, 3.8) is 0 Å². The monoisotopic (exact) mass is 394 g/mol. The van der Waals surface area contributed by atoms with E-state index in [1.54, 1.807) is 38.1 Å². The molecule has 0 atom stereocenters. The summed E-state index contributed by atoms with van der Waals surface area (Å²) in [5, 5.41) is 2.69. The van der Waals surface area contributed by atoms with Crippen molar-refractivity contribution in [3.8, 4) is 5.75 Å². The number of sulfonamides is 1. The zero-order valence-electron chi connectivity index (χ0n) is 15.2. The molecule has 0 heterocycles. The van der Waals surface area contributed by atoms with Gasteiger partial charge >= 0.3 is 0 Å². The maximum Gasteiger partial charge on any atom is 0.258 e. The minimum absolute atomic E-state index is 0.163. The molecular formula is C19H23FN2O4S. The highest BCUT2D eigenvalue weighted by Crippen LogP contribution is 2.13. The van der Waals surface area contributed by atoms with Gasteiger partial charge in [-0.05, 0) is 49.2 Å². The minimum atomic E-state index is -3.46. The highest BCUT2D eigenvalue weighted by molar-refractivity contribution is 7.88. The van der Waals surface area contributed by atoms with Crippen molar-refractivity contribution < 1.29 is 22.3 Å². The second-order valence-electron chi connectivity index (χ2n) is 6.32. The average molecular weight is 394 g/mol. The number of hydrogen-bond donors (Lipinski definition) is 2. The number of carbonyl (C=O) groups is 1. The van der Waals surface area contributed by atoms with Gasteiger partial charge in [-0.3, -0.25) is 4.79 Å². The summed E-state index contributed by atoms with van der Waals surface area (Å²) in [6.45, 7) is 3.47. The summed E-state index contributed by atoms with van der Waals surface area (Å²) in [6, 6.07) is 12.2. The first-order chi connectivity index (χ1) is 12.7. The third kappa shape index (κ3) is 7.36. The molecule has 1 amide bonds.